The number of pyridine rings is 1. The SMILES string of the molecule is COc1cc(NC2(CCl)CCOCC2)ccn1. The van der Waals surface area contributed by atoms with Gasteiger partial charge < -0.3 is 14.8 Å². The first kappa shape index (κ1) is 12.5. The van der Waals surface area contributed by atoms with Crippen LogP contribution in [0.4, 0.5) is 5.69 Å². The van der Waals surface area contributed by atoms with E-state index in [0.717, 1.165) is 31.7 Å². The molecule has 1 aliphatic heterocycles. The van der Waals surface area contributed by atoms with Crippen LogP contribution in [-0.4, -0.2) is 36.7 Å². The molecule has 1 fully saturated rings. The van der Waals surface area contributed by atoms with Crippen molar-refractivity contribution in [2.45, 2.75) is 18.4 Å². The highest BCUT2D eigenvalue weighted by Crippen LogP contribution is 2.28. The highest BCUT2D eigenvalue weighted by atomic mass is 35.5. The molecule has 4 nitrogen and oxygen atoms in total. The molecule has 0 aliphatic carbocycles. The Bertz CT molecular complexity index is 367. The maximum atomic E-state index is 6.10. The third-order valence-electron chi connectivity index (χ3n) is 3.06. The summed E-state index contributed by atoms with van der Waals surface area (Å²) >= 11 is 6.10. The Hall–Kier alpha value is -1.00. The zero-order valence-corrected chi connectivity index (χ0v) is 10.7. The van der Waals surface area contributed by atoms with Gasteiger partial charge in [-0.25, -0.2) is 4.98 Å². The smallest absolute Gasteiger partial charge is 0.214 e. The number of nitrogens with zero attached hydrogens (tertiary/aromatic N) is 1. The molecule has 1 aliphatic rings. The molecule has 1 N–H and O–H groups in total. The number of hydrogen-bond donors (Lipinski definition) is 1. The highest BCUT2D eigenvalue weighted by molar-refractivity contribution is 6.18. The van der Waals surface area contributed by atoms with Crippen molar-refractivity contribution < 1.29 is 9.47 Å². The number of nitrogens with one attached hydrogen (secondary N) is 1. The number of halogens is 1. The van der Waals surface area contributed by atoms with Crippen molar-refractivity contribution in [3.05, 3.63) is 18.3 Å². The summed E-state index contributed by atoms with van der Waals surface area (Å²) in [5.41, 5.74) is 0.908. The predicted octanol–water partition coefficient (Wildman–Crippen LogP) is 2.29. The average molecular weight is 257 g/mol. The number of rotatable bonds is 4. The first-order valence-corrected chi connectivity index (χ1v) is 6.23. The third kappa shape index (κ3) is 3.01. The van der Waals surface area contributed by atoms with E-state index in [-0.39, 0.29) is 5.54 Å². The summed E-state index contributed by atoms with van der Waals surface area (Å²) in [7, 11) is 1.61. The minimum Gasteiger partial charge on any atom is -0.481 e. The van der Waals surface area contributed by atoms with Gasteiger partial charge in [0, 0.05) is 37.0 Å². The molecule has 5 heteroatoms. The number of methoxy groups -OCH3 is 1. The van der Waals surface area contributed by atoms with Gasteiger partial charge in [-0.15, -0.1) is 11.6 Å². The first-order valence-electron chi connectivity index (χ1n) is 5.70. The van der Waals surface area contributed by atoms with E-state index in [2.05, 4.69) is 10.3 Å². The topological polar surface area (TPSA) is 43.4 Å². The van der Waals surface area contributed by atoms with Gasteiger partial charge >= 0.3 is 0 Å². The lowest BCUT2D eigenvalue weighted by molar-refractivity contribution is 0.0668. The lowest BCUT2D eigenvalue weighted by atomic mass is 9.92. The average Bonchev–Trinajstić information content (AvgIpc) is 2.40. The molecule has 1 saturated heterocycles. The fourth-order valence-electron chi connectivity index (χ4n) is 1.96. The molecule has 0 aromatic carbocycles. The minimum atomic E-state index is -0.0772. The molecule has 0 bridgehead atoms. The van der Waals surface area contributed by atoms with Gasteiger partial charge in [0.2, 0.25) is 5.88 Å². The van der Waals surface area contributed by atoms with Crippen molar-refractivity contribution in [1.29, 1.82) is 0 Å². The van der Waals surface area contributed by atoms with E-state index in [0.29, 0.717) is 11.8 Å². The van der Waals surface area contributed by atoms with E-state index in [1.54, 1.807) is 13.3 Å². The van der Waals surface area contributed by atoms with Crippen LogP contribution in [0.25, 0.3) is 0 Å². The maximum Gasteiger partial charge on any atom is 0.214 e. The van der Waals surface area contributed by atoms with E-state index in [1.807, 2.05) is 12.1 Å². The largest absolute Gasteiger partial charge is 0.481 e. The second kappa shape index (κ2) is 5.56. The molecule has 1 aromatic heterocycles. The Labute approximate surface area is 106 Å². The molecular weight excluding hydrogens is 240 g/mol. The van der Waals surface area contributed by atoms with Gasteiger partial charge in [-0.3, -0.25) is 0 Å². The number of anilines is 1. The molecule has 2 heterocycles. The molecular formula is C12H17ClN2O2. The van der Waals surface area contributed by atoms with Gasteiger partial charge in [-0.2, -0.15) is 0 Å². The van der Waals surface area contributed by atoms with Gasteiger partial charge in [0.1, 0.15) is 0 Å². The number of ether oxygens (including phenoxy) is 2. The first-order chi connectivity index (χ1) is 8.28. The lowest BCUT2D eigenvalue weighted by Crippen LogP contribution is -2.45. The Balaban J connectivity index is 2.11. The van der Waals surface area contributed by atoms with E-state index < -0.39 is 0 Å². The molecule has 17 heavy (non-hydrogen) atoms. The van der Waals surface area contributed by atoms with Crippen molar-refractivity contribution in [3.8, 4) is 5.88 Å². The summed E-state index contributed by atoms with van der Waals surface area (Å²) in [6, 6.07) is 3.80. The van der Waals surface area contributed by atoms with Gasteiger partial charge in [-0.05, 0) is 18.9 Å². The lowest BCUT2D eigenvalue weighted by Gasteiger charge is -2.37. The molecule has 94 valence electrons. The Morgan fingerprint density at radius 3 is 2.94 bits per heavy atom. The second-order valence-corrected chi connectivity index (χ2v) is 4.51. The van der Waals surface area contributed by atoms with E-state index >= 15 is 0 Å². The van der Waals surface area contributed by atoms with Gasteiger partial charge in [0.15, 0.2) is 0 Å². The summed E-state index contributed by atoms with van der Waals surface area (Å²) in [6.07, 6.45) is 3.56. The van der Waals surface area contributed by atoms with Crippen LogP contribution in [0.3, 0.4) is 0 Å². The highest BCUT2D eigenvalue weighted by Gasteiger charge is 2.31. The fraction of sp³-hybridized carbons (Fsp3) is 0.583. The fourth-order valence-corrected chi connectivity index (χ4v) is 2.29. The van der Waals surface area contributed by atoms with Crippen molar-refractivity contribution in [3.63, 3.8) is 0 Å². The van der Waals surface area contributed by atoms with E-state index in [9.17, 15) is 0 Å². The number of alkyl halides is 1. The van der Waals surface area contributed by atoms with Crippen LogP contribution in [0, 0.1) is 0 Å². The molecule has 2 rings (SSSR count). The standard InChI is InChI=1S/C12H17ClN2O2/c1-16-11-8-10(2-5-14-11)15-12(9-13)3-6-17-7-4-12/h2,5,8H,3-4,6-7,9H2,1H3,(H,14,15). The quantitative estimate of drug-likeness (QED) is 0.840. The Morgan fingerprint density at radius 2 is 2.29 bits per heavy atom. The van der Waals surface area contributed by atoms with E-state index in [4.69, 9.17) is 21.1 Å². The maximum absolute atomic E-state index is 6.10. The number of aromatic nitrogens is 1. The molecule has 0 radical (unpaired) electrons. The Kier molecular flexibility index (Phi) is 4.07. The predicted molar refractivity (Wildman–Crippen MR) is 67.9 cm³/mol. The second-order valence-electron chi connectivity index (χ2n) is 4.24. The van der Waals surface area contributed by atoms with Crippen LogP contribution in [0.5, 0.6) is 5.88 Å². The molecule has 0 atom stereocenters. The molecule has 0 saturated carbocycles. The molecule has 1 aromatic rings. The summed E-state index contributed by atoms with van der Waals surface area (Å²) in [5, 5.41) is 3.49. The zero-order valence-electron chi connectivity index (χ0n) is 9.91. The molecule has 0 unspecified atom stereocenters. The summed E-state index contributed by atoms with van der Waals surface area (Å²) in [5.74, 6) is 1.17. The van der Waals surface area contributed by atoms with Crippen LogP contribution in [0.1, 0.15) is 12.8 Å². The van der Waals surface area contributed by atoms with Crippen LogP contribution in [0.15, 0.2) is 18.3 Å². The van der Waals surface area contributed by atoms with Crippen molar-refractivity contribution >= 4 is 17.3 Å². The molecule has 0 spiro atoms. The van der Waals surface area contributed by atoms with Gasteiger partial charge in [-0.1, -0.05) is 0 Å². The van der Waals surface area contributed by atoms with Gasteiger partial charge in [0.05, 0.1) is 12.6 Å². The van der Waals surface area contributed by atoms with Crippen molar-refractivity contribution in [1.82, 2.24) is 4.98 Å². The van der Waals surface area contributed by atoms with Gasteiger partial charge in [0.25, 0.3) is 0 Å². The minimum absolute atomic E-state index is 0.0772. The third-order valence-corrected chi connectivity index (χ3v) is 3.57. The normalized spacial score (nSPS) is 18.7. The monoisotopic (exact) mass is 256 g/mol. The van der Waals surface area contributed by atoms with Crippen LogP contribution in [-0.2, 0) is 4.74 Å². The number of hydrogen-bond acceptors (Lipinski definition) is 4. The van der Waals surface area contributed by atoms with Crippen LogP contribution >= 0.6 is 11.6 Å². The van der Waals surface area contributed by atoms with Crippen molar-refractivity contribution in [2.75, 3.05) is 31.5 Å². The summed E-state index contributed by atoms with van der Waals surface area (Å²) < 4.78 is 10.5. The summed E-state index contributed by atoms with van der Waals surface area (Å²) in [6.45, 7) is 1.50. The van der Waals surface area contributed by atoms with Crippen LogP contribution < -0.4 is 10.1 Å². The molecule has 0 amide bonds. The van der Waals surface area contributed by atoms with Crippen LogP contribution in [0.2, 0.25) is 0 Å². The van der Waals surface area contributed by atoms with Crippen molar-refractivity contribution in [2.24, 2.45) is 0 Å². The van der Waals surface area contributed by atoms with E-state index in [1.165, 1.54) is 0 Å². The zero-order chi connectivity index (χ0) is 12.1. The summed E-state index contributed by atoms with van der Waals surface area (Å²) in [4.78, 5) is 4.08. The Morgan fingerprint density at radius 1 is 1.53 bits per heavy atom.